The van der Waals surface area contributed by atoms with Crippen molar-refractivity contribution in [3.63, 3.8) is 0 Å². The minimum atomic E-state index is 0.373. The number of rotatable bonds is 7. The van der Waals surface area contributed by atoms with Crippen molar-refractivity contribution in [1.29, 1.82) is 0 Å². The normalized spacial score (nSPS) is 14.3. The van der Waals surface area contributed by atoms with Gasteiger partial charge in [-0.05, 0) is 30.5 Å². The maximum Gasteiger partial charge on any atom is 0.126 e. The summed E-state index contributed by atoms with van der Waals surface area (Å²) in [5.41, 5.74) is 1.16. The Hall–Kier alpha value is -1.22. The average Bonchev–Trinajstić information content (AvgIpc) is 2.42. The second kappa shape index (κ2) is 7.39. The maximum absolute atomic E-state index is 5.48. The molecule has 1 aromatic rings. The number of ether oxygens (including phenoxy) is 2. The summed E-state index contributed by atoms with van der Waals surface area (Å²) >= 11 is 0. The average molecular weight is 265 g/mol. The van der Waals surface area contributed by atoms with Crippen LogP contribution in [0.4, 0.5) is 0 Å². The Kier molecular flexibility index (Phi) is 6.16. The van der Waals surface area contributed by atoms with Gasteiger partial charge in [0.2, 0.25) is 0 Å². The fourth-order valence-electron chi connectivity index (χ4n) is 2.21. The standard InChI is InChI=1S/C16H27NO2/c1-11(2)17-10-12(3)13(4)16-14(18-5)8-7-9-15(16)19-6/h7-9,11-13,17H,10H2,1-6H3. The molecule has 1 aromatic carbocycles. The van der Waals surface area contributed by atoms with E-state index in [1.807, 2.05) is 18.2 Å². The molecular weight excluding hydrogens is 238 g/mol. The lowest BCUT2D eigenvalue weighted by molar-refractivity contribution is 0.359. The van der Waals surface area contributed by atoms with Gasteiger partial charge in [0.15, 0.2) is 0 Å². The molecule has 0 aliphatic heterocycles. The van der Waals surface area contributed by atoms with Gasteiger partial charge in [-0.1, -0.05) is 33.8 Å². The summed E-state index contributed by atoms with van der Waals surface area (Å²) in [7, 11) is 3.42. The zero-order chi connectivity index (χ0) is 14.4. The fourth-order valence-corrected chi connectivity index (χ4v) is 2.21. The Morgan fingerprint density at radius 3 is 1.95 bits per heavy atom. The summed E-state index contributed by atoms with van der Waals surface area (Å²) in [6, 6.07) is 6.47. The smallest absolute Gasteiger partial charge is 0.126 e. The summed E-state index contributed by atoms with van der Waals surface area (Å²) in [6.07, 6.45) is 0. The first-order valence-corrected chi connectivity index (χ1v) is 6.95. The van der Waals surface area contributed by atoms with Crippen LogP contribution in [0, 0.1) is 5.92 Å². The predicted octanol–water partition coefficient (Wildman–Crippen LogP) is 3.44. The van der Waals surface area contributed by atoms with Crippen molar-refractivity contribution in [3.05, 3.63) is 23.8 Å². The van der Waals surface area contributed by atoms with Crippen LogP contribution in [0.15, 0.2) is 18.2 Å². The van der Waals surface area contributed by atoms with Gasteiger partial charge in [-0.2, -0.15) is 0 Å². The Balaban J connectivity index is 2.93. The largest absolute Gasteiger partial charge is 0.496 e. The van der Waals surface area contributed by atoms with Crippen molar-refractivity contribution in [2.24, 2.45) is 5.92 Å². The Morgan fingerprint density at radius 2 is 1.53 bits per heavy atom. The van der Waals surface area contributed by atoms with Gasteiger partial charge in [0.1, 0.15) is 11.5 Å². The number of methoxy groups -OCH3 is 2. The van der Waals surface area contributed by atoms with Crippen LogP contribution in [0.25, 0.3) is 0 Å². The molecule has 0 radical (unpaired) electrons. The molecule has 0 aliphatic rings. The highest BCUT2D eigenvalue weighted by atomic mass is 16.5. The van der Waals surface area contributed by atoms with Crippen molar-refractivity contribution in [1.82, 2.24) is 5.32 Å². The van der Waals surface area contributed by atoms with E-state index in [0.29, 0.717) is 17.9 Å². The predicted molar refractivity (Wildman–Crippen MR) is 80.3 cm³/mol. The molecule has 3 nitrogen and oxygen atoms in total. The molecule has 0 amide bonds. The molecule has 108 valence electrons. The van der Waals surface area contributed by atoms with Crippen molar-refractivity contribution < 1.29 is 9.47 Å². The van der Waals surface area contributed by atoms with Crippen molar-refractivity contribution in [2.75, 3.05) is 20.8 Å². The third-order valence-electron chi connectivity index (χ3n) is 3.62. The Morgan fingerprint density at radius 1 is 1.00 bits per heavy atom. The zero-order valence-corrected chi connectivity index (χ0v) is 13.0. The molecule has 1 N–H and O–H groups in total. The van der Waals surface area contributed by atoms with Gasteiger partial charge in [-0.3, -0.25) is 0 Å². The summed E-state index contributed by atoms with van der Waals surface area (Å²) in [4.78, 5) is 0. The number of hydrogen-bond acceptors (Lipinski definition) is 3. The molecule has 0 spiro atoms. The monoisotopic (exact) mass is 265 g/mol. The summed E-state index contributed by atoms with van der Waals surface area (Å²) < 4.78 is 11.0. The van der Waals surface area contributed by atoms with Crippen LogP contribution < -0.4 is 14.8 Å². The van der Waals surface area contributed by atoms with Gasteiger partial charge < -0.3 is 14.8 Å². The molecule has 19 heavy (non-hydrogen) atoms. The molecule has 2 unspecified atom stereocenters. The van der Waals surface area contributed by atoms with Crippen LogP contribution in [-0.2, 0) is 0 Å². The molecule has 0 heterocycles. The first-order valence-electron chi connectivity index (χ1n) is 6.95. The molecular formula is C16H27NO2. The van der Waals surface area contributed by atoms with Crippen molar-refractivity contribution >= 4 is 0 Å². The van der Waals surface area contributed by atoms with E-state index >= 15 is 0 Å². The van der Waals surface area contributed by atoms with E-state index in [-0.39, 0.29) is 0 Å². The number of hydrogen-bond donors (Lipinski definition) is 1. The molecule has 3 heteroatoms. The van der Waals surface area contributed by atoms with E-state index in [1.54, 1.807) is 14.2 Å². The van der Waals surface area contributed by atoms with Crippen LogP contribution in [-0.4, -0.2) is 26.8 Å². The van der Waals surface area contributed by atoms with E-state index in [1.165, 1.54) is 0 Å². The summed E-state index contributed by atoms with van der Waals surface area (Å²) in [5.74, 6) is 2.69. The van der Waals surface area contributed by atoms with Crippen molar-refractivity contribution in [2.45, 2.75) is 39.7 Å². The second-order valence-corrected chi connectivity index (χ2v) is 5.41. The highest BCUT2D eigenvalue weighted by Gasteiger charge is 2.22. The Bertz CT molecular complexity index is 368. The topological polar surface area (TPSA) is 30.5 Å². The fraction of sp³-hybridized carbons (Fsp3) is 0.625. The number of nitrogens with one attached hydrogen (secondary N) is 1. The third kappa shape index (κ3) is 4.13. The minimum absolute atomic E-state index is 0.373. The molecule has 0 aromatic heterocycles. The third-order valence-corrected chi connectivity index (χ3v) is 3.62. The highest BCUT2D eigenvalue weighted by Crippen LogP contribution is 2.38. The van der Waals surface area contributed by atoms with Gasteiger partial charge in [-0.15, -0.1) is 0 Å². The SMILES string of the molecule is COc1cccc(OC)c1C(C)C(C)CNC(C)C. The Labute approximate surface area is 117 Å². The summed E-state index contributed by atoms with van der Waals surface area (Å²) in [5, 5.41) is 3.49. The van der Waals surface area contributed by atoms with Crippen LogP contribution in [0.2, 0.25) is 0 Å². The molecule has 0 aliphatic carbocycles. The molecule has 0 bridgehead atoms. The minimum Gasteiger partial charge on any atom is -0.496 e. The van der Waals surface area contributed by atoms with Crippen molar-refractivity contribution in [3.8, 4) is 11.5 Å². The van der Waals surface area contributed by atoms with Gasteiger partial charge in [-0.25, -0.2) is 0 Å². The van der Waals surface area contributed by atoms with E-state index < -0.39 is 0 Å². The highest BCUT2D eigenvalue weighted by molar-refractivity contribution is 5.47. The molecule has 0 saturated heterocycles. The number of benzene rings is 1. The molecule has 0 saturated carbocycles. The lowest BCUT2D eigenvalue weighted by Crippen LogP contribution is -2.30. The van der Waals surface area contributed by atoms with Crippen LogP contribution in [0.3, 0.4) is 0 Å². The first-order chi connectivity index (χ1) is 9.01. The first kappa shape index (κ1) is 15.8. The van der Waals surface area contributed by atoms with Crippen LogP contribution in [0.5, 0.6) is 11.5 Å². The van der Waals surface area contributed by atoms with E-state index in [0.717, 1.165) is 23.6 Å². The lowest BCUT2D eigenvalue weighted by Gasteiger charge is -2.25. The van der Waals surface area contributed by atoms with Gasteiger partial charge in [0, 0.05) is 11.6 Å². The van der Waals surface area contributed by atoms with Crippen LogP contribution in [0.1, 0.15) is 39.2 Å². The maximum atomic E-state index is 5.48. The molecule has 0 fully saturated rings. The van der Waals surface area contributed by atoms with E-state index in [4.69, 9.17) is 9.47 Å². The molecule has 1 rings (SSSR count). The van der Waals surface area contributed by atoms with Gasteiger partial charge >= 0.3 is 0 Å². The van der Waals surface area contributed by atoms with Crippen LogP contribution >= 0.6 is 0 Å². The second-order valence-electron chi connectivity index (χ2n) is 5.41. The quantitative estimate of drug-likeness (QED) is 0.819. The van der Waals surface area contributed by atoms with Gasteiger partial charge in [0.05, 0.1) is 14.2 Å². The van der Waals surface area contributed by atoms with Gasteiger partial charge in [0.25, 0.3) is 0 Å². The lowest BCUT2D eigenvalue weighted by atomic mass is 9.87. The molecule has 2 atom stereocenters. The summed E-state index contributed by atoms with van der Waals surface area (Å²) in [6.45, 7) is 9.81. The van der Waals surface area contributed by atoms with E-state index in [9.17, 15) is 0 Å². The zero-order valence-electron chi connectivity index (χ0n) is 13.0. The van der Waals surface area contributed by atoms with E-state index in [2.05, 4.69) is 33.0 Å².